The highest BCUT2D eigenvalue weighted by atomic mass is 32.1. The van der Waals surface area contributed by atoms with Gasteiger partial charge in [-0.1, -0.05) is 6.92 Å². The summed E-state index contributed by atoms with van der Waals surface area (Å²) in [6.07, 6.45) is 1.43. The van der Waals surface area contributed by atoms with Crippen molar-refractivity contribution in [1.82, 2.24) is 4.98 Å². The van der Waals surface area contributed by atoms with Crippen LogP contribution in [0.15, 0.2) is 21.9 Å². The van der Waals surface area contributed by atoms with Gasteiger partial charge in [0.05, 0.1) is 18.7 Å². The summed E-state index contributed by atoms with van der Waals surface area (Å²) < 4.78 is 10.8. The van der Waals surface area contributed by atoms with Gasteiger partial charge in [-0.15, -0.1) is 11.3 Å². The topological polar surface area (TPSA) is 52.3 Å². The molecule has 0 spiro atoms. The second-order valence-corrected chi connectivity index (χ2v) is 6.01. The van der Waals surface area contributed by atoms with E-state index >= 15 is 0 Å². The Kier molecular flexibility index (Phi) is 3.61. The van der Waals surface area contributed by atoms with Crippen LogP contribution < -0.4 is 0 Å². The van der Waals surface area contributed by atoms with Crippen molar-refractivity contribution in [2.75, 3.05) is 6.61 Å². The molecule has 20 heavy (non-hydrogen) atoms. The molecule has 2 heterocycles. The first-order valence-electron chi connectivity index (χ1n) is 6.87. The Morgan fingerprint density at radius 2 is 2.35 bits per heavy atom. The molecule has 2 aromatic rings. The van der Waals surface area contributed by atoms with E-state index in [0.29, 0.717) is 12.5 Å². The maximum absolute atomic E-state index is 11.4. The molecule has 1 saturated carbocycles. The van der Waals surface area contributed by atoms with Gasteiger partial charge in [-0.3, -0.25) is 4.79 Å². The summed E-state index contributed by atoms with van der Waals surface area (Å²) in [4.78, 5) is 15.9. The fraction of sp³-hybridized carbons (Fsp3) is 0.467. The van der Waals surface area contributed by atoms with Crippen LogP contribution >= 0.6 is 11.3 Å². The minimum absolute atomic E-state index is 0.220. The highest BCUT2D eigenvalue weighted by Gasteiger charge is 2.36. The number of rotatable bonds is 5. The number of nitrogens with zero attached hydrogens (tertiary/aromatic N) is 1. The third-order valence-electron chi connectivity index (χ3n) is 3.50. The van der Waals surface area contributed by atoms with Gasteiger partial charge >= 0.3 is 5.97 Å². The molecule has 2 atom stereocenters. The van der Waals surface area contributed by atoms with E-state index in [1.165, 1.54) is 17.8 Å². The second-order valence-electron chi connectivity index (χ2n) is 5.15. The summed E-state index contributed by atoms with van der Waals surface area (Å²) in [6, 6.07) is 4.00. The van der Waals surface area contributed by atoms with Crippen molar-refractivity contribution < 1.29 is 13.9 Å². The maximum atomic E-state index is 11.4. The number of hydrogen-bond donors (Lipinski definition) is 0. The Bertz CT molecular complexity index is 616. The zero-order valence-corrected chi connectivity index (χ0v) is 12.4. The van der Waals surface area contributed by atoms with Crippen molar-refractivity contribution in [1.29, 1.82) is 0 Å². The molecular weight excluding hydrogens is 274 g/mol. The molecule has 1 aliphatic carbocycles. The number of furan rings is 1. The van der Waals surface area contributed by atoms with Crippen LogP contribution in [0.25, 0.3) is 10.8 Å². The fourth-order valence-corrected chi connectivity index (χ4v) is 3.03. The van der Waals surface area contributed by atoms with Gasteiger partial charge in [-0.05, 0) is 31.4 Å². The summed E-state index contributed by atoms with van der Waals surface area (Å²) >= 11 is 1.50. The number of carbonyl (C=O) groups is 1. The minimum atomic E-state index is -0.240. The number of thiazole rings is 1. The van der Waals surface area contributed by atoms with Gasteiger partial charge in [0.25, 0.3) is 0 Å². The van der Waals surface area contributed by atoms with Crippen molar-refractivity contribution >= 4 is 17.3 Å². The Hall–Kier alpha value is -1.62. The lowest BCUT2D eigenvalue weighted by Gasteiger charge is -1.97. The molecule has 0 saturated heterocycles. The first kappa shape index (κ1) is 13.4. The minimum Gasteiger partial charge on any atom is -0.466 e. The third-order valence-corrected chi connectivity index (χ3v) is 4.40. The molecule has 0 aromatic carbocycles. The summed E-state index contributed by atoms with van der Waals surface area (Å²) in [5.41, 5.74) is 0.737. The zero-order chi connectivity index (χ0) is 14.1. The van der Waals surface area contributed by atoms with Crippen molar-refractivity contribution in [2.24, 2.45) is 5.92 Å². The molecule has 106 valence electrons. The van der Waals surface area contributed by atoms with Crippen LogP contribution in [-0.4, -0.2) is 17.6 Å². The molecule has 0 amide bonds. The van der Waals surface area contributed by atoms with Crippen molar-refractivity contribution in [3.63, 3.8) is 0 Å². The highest BCUT2D eigenvalue weighted by Crippen LogP contribution is 2.48. The molecule has 2 aromatic heterocycles. The summed E-state index contributed by atoms with van der Waals surface area (Å²) in [5, 5.41) is 2.71. The van der Waals surface area contributed by atoms with E-state index in [0.717, 1.165) is 28.1 Å². The number of ether oxygens (including phenoxy) is 1. The van der Waals surface area contributed by atoms with Crippen LogP contribution in [0.3, 0.4) is 0 Å². The SMILES string of the molecule is CCOC(=O)Cc1csc(-c2ccc(C3CC3C)o2)n1. The van der Waals surface area contributed by atoms with Crippen LogP contribution in [0.4, 0.5) is 0 Å². The van der Waals surface area contributed by atoms with Crippen LogP contribution in [0.1, 0.15) is 37.6 Å². The number of esters is 1. The van der Waals surface area contributed by atoms with Crippen molar-refractivity contribution in [3.05, 3.63) is 29.0 Å². The average Bonchev–Trinajstić information content (AvgIpc) is 2.85. The number of aromatic nitrogens is 1. The Morgan fingerprint density at radius 3 is 3.05 bits per heavy atom. The van der Waals surface area contributed by atoms with E-state index in [4.69, 9.17) is 9.15 Å². The predicted molar refractivity (Wildman–Crippen MR) is 76.7 cm³/mol. The van der Waals surface area contributed by atoms with E-state index in [2.05, 4.69) is 11.9 Å². The molecule has 4 nitrogen and oxygen atoms in total. The largest absolute Gasteiger partial charge is 0.466 e. The summed E-state index contributed by atoms with van der Waals surface area (Å²) in [5.74, 6) is 2.90. The van der Waals surface area contributed by atoms with Gasteiger partial charge in [0.1, 0.15) is 5.76 Å². The Morgan fingerprint density at radius 1 is 1.55 bits per heavy atom. The second kappa shape index (κ2) is 5.40. The molecule has 0 bridgehead atoms. The molecule has 5 heteroatoms. The van der Waals surface area contributed by atoms with Crippen LogP contribution in [0.5, 0.6) is 0 Å². The van der Waals surface area contributed by atoms with Crippen LogP contribution in [-0.2, 0) is 16.0 Å². The fourth-order valence-electron chi connectivity index (χ4n) is 2.25. The highest BCUT2D eigenvalue weighted by molar-refractivity contribution is 7.13. The molecule has 1 fully saturated rings. The van der Waals surface area contributed by atoms with Gasteiger partial charge in [-0.25, -0.2) is 4.98 Å². The van der Waals surface area contributed by atoms with Gasteiger partial charge in [0.15, 0.2) is 10.8 Å². The normalized spacial score (nSPS) is 20.9. The Balaban J connectivity index is 1.70. The lowest BCUT2D eigenvalue weighted by molar-refractivity contribution is -0.142. The number of carbonyl (C=O) groups excluding carboxylic acids is 1. The van der Waals surface area contributed by atoms with Gasteiger partial charge in [0.2, 0.25) is 0 Å². The molecular formula is C15H17NO3S. The quantitative estimate of drug-likeness (QED) is 0.789. The van der Waals surface area contributed by atoms with E-state index in [1.807, 2.05) is 17.5 Å². The maximum Gasteiger partial charge on any atom is 0.311 e. The molecule has 3 rings (SSSR count). The van der Waals surface area contributed by atoms with E-state index in [1.54, 1.807) is 6.92 Å². The van der Waals surface area contributed by atoms with Gasteiger partial charge < -0.3 is 9.15 Å². The lowest BCUT2D eigenvalue weighted by Crippen LogP contribution is -2.07. The molecule has 2 unspecified atom stereocenters. The first-order valence-corrected chi connectivity index (χ1v) is 7.75. The predicted octanol–water partition coefficient (Wildman–Crippen LogP) is 3.63. The van der Waals surface area contributed by atoms with Gasteiger partial charge in [-0.2, -0.15) is 0 Å². The lowest BCUT2D eigenvalue weighted by atomic mass is 10.3. The van der Waals surface area contributed by atoms with E-state index in [-0.39, 0.29) is 12.4 Å². The smallest absolute Gasteiger partial charge is 0.311 e. The zero-order valence-electron chi connectivity index (χ0n) is 11.6. The molecule has 0 N–H and O–H groups in total. The van der Waals surface area contributed by atoms with Crippen molar-refractivity contribution in [2.45, 2.75) is 32.6 Å². The summed E-state index contributed by atoms with van der Waals surface area (Å²) in [7, 11) is 0. The Labute approximate surface area is 121 Å². The first-order chi connectivity index (χ1) is 9.67. The third kappa shape index (κ3) is 2.77. The summed E-state index contributed by atoms with van der Waals surface area (Å²) in [6.45, 7) is 4.43. The van der Waals surface area contributed by atoms with Crippen molar-refractivity contribution in [3.8, 4) is 10.8 Å². The van der Waals surface area contributed by atoms with Gasteiger partial charge in [0, 0.05) is 11.3 Å². The van der Waals surface area contributed by atoms with E-state index < -0.39 is 0 Å². The standard InChI is InChI=1S/C15H17NO3S/c1-3-18-14(17)7-10-8-20-15(16-10)13-5-4-12(19-13)11-6-9(11)2/h4-5,8-9,11H,3,6-7H2,1-2H3. The molecule has 0 radical (unpaired) electrons. The van der Waals surface area contributed by atoms with E-state index in [9.17, 15) is 4.79 Å². The number of hydrogen-bond acceptors (Lipinski definition) is 5. The molecule has 0 aliphatic heterocycles. The molecule has 1 aliphatic rings. The monoisotopic (exact) mass is 291 g/mol. The average molecular weight is 291 g/mol. The van der Waals surface area contributed by atoms with Crippen LogP contribution in [0.2, 0.25) is 0 Å². The van der Waals surface area contributed by atoms with Crippen LogP contribution in [0, 0.1) is 5.92 Å².